The predicted molar refractivity (Wildman–Crippen MR) is 144 cm³/mol. The highest BCUT2D eigenvalue weighted by Crippen LogP contribution is 2.37. The summed E-state index contributed by atoms with van der Waals surface area (Å²) in [5, 5.41) is 7.45. The van der Waals surface area contributed by atoms with Crippen LogP contribution in [-0.4, -0.2) is 33.9 Å². The minimum Gasteiger partial charge on any atom is -0.493 e. The van der Waals surface area contributed by atoms with Gasteiger partial charge >= 0.3 is 5.97 Å². The third kappa shape index (κ3) is 4.46. The summed E-state index contributed by atoms with van der Waals surface area (Å²) < 4.78 is 28.5. The van der Waals surface area contributed by atoms with E-state index in [1.807, 2.05) is 51.2 Å². The molecule has 2 aromatic heterocycles. The van der Waals surface area contributed by atoms with Gasteiger partial charge in [-0.05, 0) is 62.8 Å². The molecular formula is C30H30FN3O3. The van der Waals surface area contributed by atoms with Gasteiger partial charge in [-0.1, -0.05) is 36.4 Å². The highest BCUT2D eigenvalue weighted by atomic mass is 19.1. The normalized spacial score (nSPS) is 11.4. The van der Waals surface area contributed by atoms with Crippen LogP contribution in [0, 0.1) is 19.7 Å². The molecule has 190 valence electrons. The molecule has 0 saturated heterocycles. The molecule has 0 aliphatic rings. The molecule has 37 heavy (non-hydrogen) atoms. The van der Waals surface area contributed by atoms with Crippen molar-refractivity contribution in [3.05, 3.63) is 83.1 Å². The smallest absolute Gasteiger partial charge is 0.355 e. The Labute approximate surface area is 215 Å². The fourth-order valence-corrected chi connectivity index (χ4v) is 5.06. The first-order valence-corrected chi connectivity index (χ1v) is 12.5. The Morgan fingerprint density at radius 1 is 1.03 bits per heavy atom. The number of hydrogen-bond acceptors (Lipinski definition) is 4. The summed E-state index contributed by atoms with van der Waals surface area (Å²) in [6.07, 6.45) is 1.23. The van der Waals surface area contributed by atoms with Crippen LogP contribution in [0.25, 0.3) is 32.8 Å². The van der Waals surface area contributed by atoms with E-state index < -0.39 is 5.97 Å². The summed E-state index contributed by atoms with van der Waals surface area (Å²) in [6.45, 7) is 6.26. The molecular weight excluding hydrogens is 469 g/mol. The lowest BCUT2D eigenvalue weighted by atomic mass is 9.98. The number of rotatable bonds is 8. The molecule has 7 heteroatoms. The molecule has 0 aliphatic heterocycles. The number of nitrogens with zero attached hydrogens (tertiary/aromatic N) is 2. The second kappa shape index (κ2) is 10.1. The fourth-order valence-electron chi connectivity index (χ4n) is 5.06. The van der Waals surface area contributed by atoms with E-state index in [9.17, 15) is 4.79 Å². The van der Waals surface area contributed by atoms with E-state index >= 15 is 4.39 Å². The van der Waals surface area contributed by atoms with E-state index in [1.54, 1.807) is 17.7 Å². The van der Waals surface area contributed by atoms with Crippen LogP contribution >= 0.6 is 0 Å². The monoisotopic (exact) mass is 499 g/mol. The van der Waals surface area contributed by atoms with Gasteiger partial charge in [0.1, 0.15) is 17.3 Å². The summed E-state index contributed by atoms with van der Waals surface area (Å²) in [5.74, 6) is 0.0124. The van der Waals surface area contributed by atoms with Crippen LogP contribution in [0.2, 0.25) is 0 Å². The summed E-state index contributed by atoms with van der Waals surface area (Å²) in [6, 6.07) is 17.3. The van der Waals surface area contributed by atoms with Crippen molar-refractivity contribution in [2.75, 3.05) is 13.2 Å². The van der Waals surface area contributed by atoms with Gasteiger partial charge in [0.15, 0.2) is 0 Å². The minimum absolute atomic E-state index is 0.250. The Morgan fingerprint density at radius 2 is 1.81 bits per heavy atom. The molecule has 0 unspecified atom stereocenters. The van der Waals surface area contributed by atoms with Gasteiger partial charge < -0.3 is 14.5 Å². The molecule has 2 heterocycles. The van der Waals surface area contributed by atoms with Crippen molar-refractivity contribution in [2.24, 2.45) is 7.05 Å². The number of fused-ring (bicyclic) bond motifs is 2. The number of benzene rings is 3. The Balaban J connectivity index is 1.49. The van der Waals surface area contributed by atoms with Crippen LogP contribution in [0.15, 0.2) is 54.6 Å². The Morgan fingerprint density at radius 3 is 2.57 bits per heavy atom. The number of aromatic nitrogens is 3. The number of H-pyrrole nitrogens is 1. The number of carbonyl (C=O) groups excluding carboxylic acids is 1. The number of aryl methyl sites for hydroxylation is 3. The van der Waals surface area contributed by atoms with Crippen molar-refractivity contribution in [1.82, 2.24) is 14.8 Å². The van der Waals surface area contributed by atoms with E-state index in [0.29, 0.717) is 36.2 Å². The first-order chi connectivity index (χ1) is 17.9. The highest BCUT2D eigenvalue weighted by Gasteiger charge is 2.25. The van der Waals surface area contributed by atoms with Crippen LogP contribution in [0.5, 0.6) is 5.75 Å². The molecule has 0 radical (unpaired) electrons. The lowest BCUT2D eigenvalue weighted by Gasteiger charge is -2.10. The second-order valence-electron chi connectivity index (χ2n) is 9.14. The zero-order valence-electron chi connectivity index (χ0n) is 21.5. The Kier molecular flexibility index (Phi) is 6.70. The lowest BCUT2D eigenvalue weighted by molar-refractivity contribution is 0.0519. The van der Waals surface area contributed by atoms with E-state index in [0.717, 1.165) is 44.4 Å². The Hall–Kier alpha value is -4.13. The van der Waals surface area contributed by atoms with E-state index in [2.05, 4.69) is 22.2 Å². The van der Waals surface area contributed by atoms with Gasteiger partial charge in [-0.2, -0.15) is 5.10 Å². The number of esters is 1. The number of halogens is 1. The van der Waals surface area contributed by atoms with E-state index in [-0.39, 0.29) is 12.4 Å². The number of hydrogen-bond donors (Lipinski definition) is 1. The van der Waals surface area contributed by atoms with Gasteiger partial charge in [-0.3, -0.25) is 4.68 Å². The first kappa shape index (κ1) is 24.6. The van der Waals surface area contributed by atoms with E-state index in [1.165, 1.54) is 6.07 Å². The summed E-state index contributed by atoms with van der Waals surface area (Å²) >= 11 is 0. The number of aromatic amines is 1. The maximum Gasteiger partial charge on any atom is 0.355 e. The third-order valence-corrected chi connectivity index (χ3v) is 6.85. The molecule has 1 N–H and O–H groups in total. The SMILES string of the molecule is CCOC(=O)c1[nH]c2c(-c3c(C)nn(C)c3C)c(F)ccc2c1CCCOc1cccc2ccccc12. The van der Waals surface area contributed by atoms with Crippen molar-refractivity contribution < 1.29 is 18.7 Å². The third-order valence-electron chi connectivity index (χ3n) is 6.85. The molecule has 0 amide bonds. The average molecular weight is 500 g/mol. The predicted octanol–water partition coefficient (Wildman–Crippen LogP) is 6.67. The van der Waals surface area contributed by atoms with Crippen LogP contribution in [0.1, 0.15) is 40.8 Å². The standard InChI is InChI=1S/C30H30FN3O3/c1-5-36-30(35)29-22(13-9-17-37-25-14-8-11-20-10-6-7-12-21(20)25)23-15-16-24(31)27(28(23)32-29)26-18(2)33-34(4)19(26)3/h6-8,10-12,14-16,32H,5,9,13,17H2,1-4H3. The minimum atomic E-state index is -0.449. The van der Waals surface area contributed by atoms with Gasteiger partial charge in [0, 0.05) is 34.6 Å². The largest absolute Gasteiger partial charge is 0.493 e. The van der Waals surface area contributed by atoms with Crippen LogP contribution in [-0.2, 0) is 18.2 Å². The van der Waals surface area contributed by atoms with Gasteiger partial charge in [0.25, 0.3) is 0 Å². The molecule has 3 aromatic carbocycles. The molecule has 0 spiro atoms. The molecule has 0 aliphatic carbocycles. The van der Waals surface area contributed by atoms with Gasteiger partial charge in [0.2, 0.25) is 0 Å². The van der Waals surface area contributed by atoms with Crippen LogP contribution < -0.4 is 4.74 Å². The summed E-state index contributed by atoms with van der Waals surface area (Å²) in [5.41, 5.74) is 4.46. The number of ether oxygens (including phenoxy) is 2. The van der Waals surface area contributed by atoms with Gasteiger partial charge in [-0.25, -0.2) is 9.18 Å². The Bertz CT molecular complexity index is 1610. The zero-order chi connectivity index (χ0) is 26.1. The van der Waals surface area contributed by atoms with Crippen molar-refractivity contribution in [1.29, 1.82) is 0 Å². The van der Waals surface area contributed by atoms with Crippen molar-refractivity contribution >= 4 is 27.6 Å². The molecule has 6 nitrogen and oxygen atoms in total. The molecule has 0 atom stereocenters. The maximum atomic E-state index is 15.3. The van der Waals surface area contributed by atoms with Crippen LogP contribution in [0.3, 0.4) is 0 Å². The van der Waals surface area contributed by atoms with Crippen molar-refractivity contribution in [2.45, 2.75) is 33.6 Å². The van der Waals surface area contributed by atoms with Crippen molar-refractivity contribution in [3.63, 3.8) is 0 Å². The van der Waals surface area contributed by atoms with Gasteiger partial charge in [0.05, 0.1) is 24.4 Å². The van der Waals surface area contributed by atoms with Gasteiger partial charge in [-0.15, -0.1) is 0 Å². The highest BCUT2D eigenvalue weighted by molar-refractivity contribution is 6.04. The molecule has 5 rings (SSSR count). The number of carbonyl (C=O) groups is 1. The summed E-state index contributed by atoms with van der Waals surface area (Å²) in [7, 11) is 1.84. The summed E-state index contributed by atoms with van der Waals surface area (Å²) in [4.78, 5) is 16.1. The topological polar surface area (TPSA) is 69.1 Å². The first-order valence-electron chi connectivity index (χ1n) is 12.5. The van der Waals surface area contributed by atoms with Crippen LogP contribution in [0.4, 0.5) is 4.39 Å². The number of nitrogens with one attached hydrogen (secondary N) is 1. The molecule has 5 aromatic rings. The second-order valence-corrected chi connectivity index (χ2v) is 9.14. The zero-order valence-corrected chi connectivity index (χ0v) is 21.5. The van der Waals surface area contributed by atoms with Crippen molar-refractivity contribution in [3.8, 4) is 16.9 Å². The molecule has 0 saturated carbocycles. The average Bonchev–Trinajstić information content (AvgIpc) is 3.38. The molecule has 0 fully saturated rings. The maximum absolute atomic E-state index is 15.3. The van der Waals surface area contributed by atoms with E-state index in [4.69, 9.17) is 9.47 Å². The molecule has 0 bridgehead atoms. The fraction of sp³-hybridized carbons (Fsp3) is 0.267. The quantitative estimate of drug-likeness (QED) is 0.191. The lowest BCUT2D eigenvalue weighted by Crippen LogP contribution is -2.09.